The van der Waals surface area contributed by atoms with Crippen molar-refractivity contribution in [1.29, 1.82) is 0 Å². The summed E-state index contributed by atoms with van der Waals surface area (Å²) in [6, 6.07) is 3.92. The largest absolute Gasteiger partial charge is 0.481 e. The molecule has 82 valence electrons. The Morgan fingerprint density at radius 2 is 2.25 bits per heavy atom. The van der Waals surface area contributed by atoms with E-state index in [4.69, 9.17) is 5.11 Å². The van der Waals surface area contributed by atoms with Crippen molar-refractivity contribution in [2.75, 3.05) is 0 Å². The lowest BCUT2D eigenvalue weighted by molar-refractivity contribution is -0.140. The zero-order valence-corrected chi connectivity index (χ0v) is 9.85. The fraction of sp³-hybridized carbons (Fsp3) is 0.300. The second-order valence-electron chi connectivity index (χ2n) is 3.78. The van der Waals surface area contributed by atoms with Crippen molar-refractivity contribution in [2.45, 2.75) is 18.3 Å². The number of carboxylic acids is 1. The van der Waals surface area contributed by atoms with E-state index in [0.717, 1.165) is 9.88 Å². The summed E-state index contributed by atoms with van der Waals surface area (Å²) in [5.74, 6) is -0.777. The third-order valence-electron chi connectivity index (χ3n) is 2.73. The van der Waals surface area contributed by atoms with Crippen LogP contribution in [0.15, 0.2) is 17.5 Å². The Hall–Kier alpha value is -1.27. The van der Waals surface area contributed by atoms with Gasteiger partial charge in [0.15, 0.2) is 5.01 Å². The Morgan fingerprint density at radius 1 is 1.44 bits per heavy atom. The standard InChI is InChI=1S/C10H8N2O2S2/c13-9(14)10(3-4-10)8-12-11-7(16-8)6-2-1-5-15-6/h1-2,5H,3-4H2,(H,13,14). The molecule has 0 spiro atoms. The van der Waals surface area contributed by atoms with Crippen LogP contribution < -0.4 is 0 Å². The summed E-state index contributed by atoms with van der Waals surface area (Å²) >= 11 is 2.99. The van der Waals surface area contributed by atoms with Gasteiger partial charge in [0.2, 0.25) is 0 Å². The molecular weight excluding hydrogens is 244 g/mol. The molecule has 0 aliphatic heterocycles. The van der Waals surface area contributed by atoms with Gasteiger partial charge in [-0.25, -0.2) is 0 Å². The molecule has 0 atom stereocenters. The summed E-state index contributed by atoms with van der Waals surface area (Å²) in [4.78, 5) is 12.2. The molecule has 16 heavy (non-hydrogen) atoms. The number of carboxylic acid groups (broad SMARTS) is 1. The van der Waals surface area contributed by atoms with Crippen LogP contribution in [0.25, 0.3) is 9.88 Å². The Balaban J connectivity index is 1.98. The summed E-state index contributed by atoms with van der Waals surface area (Å²) in [6.07, 6.45) is 1.36. The topological polar surface area (TPSA) is 63.1 Å². The SMILES string of the molecule is O=C(O)C1(c2nnc(-c3cccs3)s2)CC1. The fourth-order valence-corrected chi connectivity index (χ4v) is 3.43. The molecule has 0 radical (unpaired) electrons. The molecule has 2 aromatic rings. The quantitative estimate of drug-likeness (QED) is 0.911. The van der Waals surface area contributed by atoms with Gasteiger partial charge in [-0.1, -0.05) is 17.4 Å². The van der Waals surface area contributed by atoms with Gasteiger partial charge in [-0.2, -0.15) is 0 Å². The highest BCUT2D eigenvalue weighted by molar-refractivity contribution is 7.20. The van der Waals surface area contributed by atoms with Crippen LogP contribution in [-0.4, -0.2) is 21.3 Å². The lowest BCUT2D eigenvalue weighted by Gasteiger charge is -2.02. The minimum Gasteiger partial charge on any atom is -0.481 e. The van der Waals surface area contributed by atoms with Crippen molar-refractivity contribution in [2.24, 2.45) is 0 Å². The average molecular weight is 252 g/mol. The molecular formula is C10H8N2O2S2. The van der Waals surface area contributed by atoms with Gasteiger partial charge in [-0.05, 0) is 24.3 Å². The third-order valence-corrected chi connectivity index (χ3v) is 4.89. The van der Waals surface area contributed by atoms with E-state index in [1.165, 1.54) is 11.3 Å². The van der Waals surface area contributed by atoms with Crippen molar-refractivity contribution < 1.29 is 9.90 Å². The van der Waals surface area contributed by atoms with Gasteiger partial charge in [0.25, 0.3) is 0 Å². The summed E-state index contributed by atoms with van der Waals surface area (Å²) in [7, 11) is 0. The van der Waals surface area contributed by atoms with Crippen LogP contribution in [0.1, 0.15) is 17.8 Å². The minimum atomic E-state index is -0.777. The van der Waals surface area contributed by atoms with Crippen molar-refractivity contribution in [3.8, 4) is 9.88 Å². The van der Waals surface area contributed by atoms with E-state index in [-0.39, 0.29) is 0 Å². The molecule has 4 nitrogen and oxygen atoms in total. The van der Waals surface area contributed by atoms with Crippen LogP contribution in [-0.2, 0) is 10.2 Å². The summed E-state index contributed by atoms with van der Waals surface area (Å²) in [5.41, 5.74) is -0.729. The number of aromatic nitrogens is 2. The second kappa shape index (κ2) is 3.36. The Kier molecular flexibility index (Phi) is 2.08. The monoisotopic (exact) mass is 252 g/mol. The Labute approximate surface area is 99.6 Å². The number of thiophene rings is 1. The molecule has 1 N–H and O–H groups in total. The molecule has 2 aromatic heterocycles. The van der Waals surface area contributed by atoms with Gasteiger partial charge in [0, 0.05) is 0 Å². The molecule has 0 aromatic carbocycles. The molecule has 1 aliphatic rings. The molecule has 3 rings (SSSR count). The van der Waals surface area contributed by atoms with Crippen molar-refractivity contribution in [1.82, 2.24) is 10.2 Å². The Bertz CT molecular complexity index is 529. The van der Waals surface area contributed by atoms with Crippen molar-refractivity contribution in [3.05, 3.63) is 22.5 Å². The third kappa shape index (κ3) is 1.37. The molecule has 0 saturated heterocycles. The Morgan fingerprint density at radius 3 is 2.81 bits per heavy atom. The predicted octanol–water partition coefficient (Wildman–Crippen LogP) is 2.38. The number of carbonyl (C=O) groups is 1. The van der Waals surface area contributed by atoms with Gasteiger partial charge in [0.05, 0.1) is 4.88 Å². The van der Waals surface area contributed by atoms with Crippen molar-refractivity contribution in [3.63, 3.8) is 0 Å². The van der Waals surface area contributed by atoms with E-state index in [2.05, 4.69) is 10.2 Å². The smallest absolute Gasteiger partial charge is 0.316 e. The number of hydrogen-bond donors (Lipinski definition) is 1. The molecule has 1 saturated carbocycles. The lowest BCUT2D eigenvalue weighted by atomic mass is 10.1. The number of rotatable bonds is 3. The number of aliphatic carboxylic acids is 1. The first-order valence-electron chi connectivity index (χ1n) is 4.84. The molecule has 1 aliphatic carbocycles. The number of hydrogen-bond acceptors (Lipinski definition) is 5. The first kappa shape index (κ1) is 9.92. The van der Waals surface area contributed by atoms with E-state index >= 15 is 0 Å². The molecule has 1 fully saturated rings. The highest BCUT2D eigenvalue weighted by Gasteiger charge is 2.54. The van der Waals surface area contributed by atoms with E-state index in [1.54, 1.807) is 11.3 Å². The molecule has 0 unspecified atom stereocenters. The van der Waals surface area contributed by atoms with E-state index in [9.17, 15) is 4.79 Å². The summed E-state index contributed by atoms with van der Waals surface area (Å²) in [6.45, 7) is 0. The first-order chi connectivity index (χ1) is 7.72. The zero-order valence-electron chi connectivity index (χ0n) is 8.21. The van der Waals surface area contributed by atoms with Crippen molar-refractivity contribution >= 4 is 28.6 Å². The van der Waals surface area contributed by atoms with Gasteiger partial charge in [-0.15, -0.1) is 21.5 Å². The summed E-state index contributed by atoms with van der Waals surface area (Å²) < 4.78 is 0. The molecule has 0 bridgehead atoms. The van der Waals surface area contributed by atoms with Gasteiger partial charge >= 0.3 is 5.97 Å². The predicted molar refractivity (Wildman–Crippen MR) is 61.8 cm³/mol. The van der Waals surface area contributed by atoms with Crippen LogP contribution in [0.4, 0.5) is 0 Å². The van der Waals surface area contributed by atoms with E-state index in [0.29, 0.717) is 17.8 Å². The lowest BCUT2D eigenvalue weighted by Crippen LogP contribution is -2.19. The van der Waals surface area contributed by atoms with E-state index < -0.39 is 11.4 Å². The van der Waals surface area contributed by atoms with Crippen LogP contribution in [0.2, 0.25) is 0 Å². The van der Waals surface area contributed by atoms with Crippen LogP contribution in [0, 0.1) is 0 Å². The minimum absolute atomic E-state index is 0.642. The highest BCUT2D eigenvalue weighted by Crippen LogP contribution is 2.50. The molecule has 6 heteroatoms. The first-order valence-corrected chi connectivity index (χ1v) is 6.53. The highest BCUT2D eigenvalue weighted by atomic mass is 32.1. The zero-order chi connectivity index (χ0) is 11.2. The van der Waals surface area contributed by atoms with E-state index in [1.807, 2.05) is 17.5 Å². The van der Waals surface area contributed by atoms with Gasteiger partial charge in [-0.3, -0.25) is 4.79 Å². The van der Waals surface area contributed by atoms with Crippen LogP contribution in [0.5, 0.6) is 0 Å². The maximum absolute atomic E-state index is 11.1. The maximum Gasteiger partial charge on any atom is 0.316 e. The van der Waals surface area contributed by atoms with Crippen LogP contribution >= 0.6 is 22.7 Å². The number of nitrogens with zero attached hydrogens (tertiary/aromatic N) is 2. The second-order valence-corrected chi connectivity index (χ2v) is 5.70. The molecule has 0 amide bonds. The summed E-state index contributed by atoms with van der Waals surface area (Å²) in [5, 5.41) is 20.7. The molecule has 2 heterocycles. The maximum atomic E-state index is 11.1. The average Bonchev–Trinajstić information content (AvgIpc) is 2.75. The van der Waals surface area contributed by atoms with Gasteiger partial charge in [0.1, 0.15) is 10.4 Å². The van der Waals surface area contributed by atoms with Crippen LogP contribution in [0.3, 0.4) is 0 Å². The van der Waals surface area contributed by atoms with Gasteiger partial charge < -0.3 is 5.11 Å². The normalized spacial score (nSPS) is 17.2. The fourth-order valence-electron chi connectivity index (χ4n) is 1.56.